The molecule has 6 heteroatoms. The number of amides is 1. The molecular formula is C61H121NO5. The summed E-state index contributed by atoms with van der Waals surface area (Å²) in [7, 11) is 0. The molecule has 0 radical (unpaired) electrons. The number of carbonyl (C=O) groups is 2. The van der Waals surface area contributed by atoms with Crippen molar-refractivity contribution in [3.63, 3.8) is 0 Å². The highest BCUT2D eigenvalue weighted by atomic mass is 16.5. The maximum atomic E-state index is 13.3. The Hall–Kier alpha value is -1.14. The first-order valence-electron chi connectivity index (χ1n) is 30.8. The number of aliphatic hydroxyl groups excluding tert-OH is 2. The molecule has 400 valence electrons. The van der Waals surface area contributed by atoms with Gasteiger partial charge in [-0.2, -0.15) is 0 Å². The predicted molar refractivity (Wildman–Crippen MR) is 292 cm³/mol. The summed E-state index contributed by atoms with van der Waals surface area (Å²) in [5, 5.41) is 23.9. The zero-order valence-corrected chi connectivity index (χ0v) is 45.8. The van der Waals surface area contributed by atoms with E-state index in [4.69, 9.17) is 4.74 Å². The molecular weight excluding hydrogens is 827 g/mol. The molecule has 0 rings (SSSR count). The Morgan fingerprint density at radius 1 is 0.373 bits per heavy atom. The van der Waals surface area contributed by atoms with Crippen molar-refractivity contribution in [3.05, 3.63) is 0 Å². The molecule has 0 aliphatic rings. The molecule has 0 aromatic carbocycles. The van der Waals surface area contributed by atoms with Gasteiger partial charge in [0, 0.05) is 6.42 Å². The van der Waals surface area contributed by atoms with Crippen molar-refractivity contribution in [2.45, 2.75) is 373 Å². The summed E-state index contributed by atoms with van der Waals surface area (Å²) in [4.78, 5) is 26.3. The number of esters is 1. The number of rotatable bonds is 57. The van der Waals surface area contributed by atoms with E-state index in [2.05, 4.69) is 26.1 Å². The maximum Gasteiger partial charge on any atom is 0.306 e. The third kappa shape index (κ3) is 51.0. The Bertz CT molecular complexity index is 975. The van der Waals surface area contributed by atoms with Crippen LogP contribution in [0.4, 0.5) is 0 Å². The van der Waals surface area contributed by atoms with Crippen LogP contribution in [0.1, 0.15) is 355 Å². The molecule has 0 aromatic rings. The van der Waals surface area contributed by atoms with E-state index in [0.717, 1.165) is 38.5 Å². The van der Waals surface area contributed by atoms with E-state index in [-0.39, 0.29) is 24.9 Å². The first kappa shape index (κ1) is 65.9. The first-order valence-corrected chi connectivity index (χ1v) is 30.8. The smallest absolute Gasteiger partial charge is 0.306 e. The fourth-order valence-corrected chi connectivity index (χ4v) is 10.0. The lowest BCUT2D eigenvalue weighted by Gasteiger charge is -2.24. The van der Waals surface area contributed by atoms with Crippen molar-refractivity contribution in [3.8, 4) is 0 Å². The molecule has 0 aliphatic heterocycles. The van der Waals surface area contributed by atoms with Crippen molar-refractivity contribution in [2.75, 3.05) is 6.61 Å². The van der Waals surface area contributed by atoms with Crippen molar-refractivity contribution >= 4 is 11.9 Å². The van der Waals surface area contributed by atoms with Crippen LogP contribution in [0, 0.1) is 0 Å². The highest BCUT2D eigenvalue weighted by molar-refractivity contribution is 5.77. The Morgan fingerprint density at radius 2 is 0.627 bits per heavy atom. The Kier molecular flexibility index (Phi) is 54.8. The van der Waals surface area contributed by atoms with Crippen LogP contribution in [0.5, 0.6) is 0 Å². The quantitative estimate of drug-likeness (QED) is 0.0417. The lowest BCUT2D eigenvalue weighted by molar-refractivity contribution is -0.151. The largest absolute Gasteiger partial charge is 0.462 e. The van der Waals surface area contributed by atoms with Gasteiger partial charge in [0.2, 0.25) is 5.91 Å². The van der Waals surface area contributed by atoms with Crippen molar-refractivity contribution in [2.24, 2.45) is 0 Å². The van der Waals surface area contributed by atoms with Crippen LogP contribution in [-0.2, 0) is 14.3 Å². The minimum atomic E-state index is -0.780. The SMILES string of the molecule is CCCCCCCCCCCCCCCCCCCCC(=O)OC(CCCCCCCCCCCCCCCCCCC)CC(=O)NC(CO)C(O)CCCCCCCCCCCCCCC. The van der Waals surface area contributed by atoms with Crippen LogP contribution < -0.4 is 5.32 Å². The molecule has 0 bridgehead atoms. The minimum Gasteiger partial charge on any atom is -0.462 e. The number of unbranched alkanes of at least 4 members (excludes halogenated alkanes) is 45. The zero-order valence-electron chi connectivity index (χ0n) is 45.8. The lowest BCUT2D eigenvalue weighted by atomic mass is 10.0. The van der Waals surface area contributed by atoms with Crippen molar-refractivity contribution in [1.82, 2.24) is 5.32 Å². The van der Waals surface area contributed by atoms with Gasteiger partial charge in [-0.15, -0.1) is 0 Å². The molecule has 0 aliphatic carbocycles. The van der Waals surface area contributed by atoms with Crippen LogP contribution in [-0.4, -0.2) is 46.9 Å². The Labute approximate surface area is 419 Å². The number of nitrogens with one attached hydrogen (secondary N) is 1. The molecule has 0 fully saturated rings. The zero-order chi connectivity index (χ0) is 48.8. The molecule has 0 saturated heterocycles. The summed E-state index contributed by atoms with van der Waals surface area (Å²) in [6.07, 6.45) is 63.2. The van der Waals surface area contributed by atoms with E-state index in [9.17, 15) is 19.8 Å². The van der Waals surface area contributed by atoms with Gasteiger partial charge in [-0.05, 0) is 25.7 Å². The van der Waals surface area contributed by atoms with Gasteiger partial charge in [0.05, 0.1) is 25.2 Å². The first-order chi connectivity index (χ1) is 33.0. The molecule has 0 heterocycles. The number of carbonyl (C=O) groups excluding carboxylic acids is 2. The lowest BCUT2D eigenvalue weighted by Crippen LogP contribution is -2.46. The molecule has 6 nitrogen and oxygen atoms in total. The van der Waals surface area contributed by atoms with E-state index in [1.807, 2.05) is 0 Å². The topological polar surface area (TPSA) is 95.9 Å². The second-order valence-electron chi connectivity index (χ2n) is 21.5. The number of ether oxygens (including phenoxy) is 1. The van der Waals surface area contributed by atoms with Gasteiger partial charge in [-0.3, -0.25) is 9.59 Å². The molecule has 0 aromatic heterocycles. The van der Waals surface area contributed by atoms with Crippen molar-refractivity contribution < 1.29 is 24.5 Å². The Balaban J connectivity index is 4.47. The van der Waals surface area contributed by atoms with Gasteiger partial charge in [0.25, 0.3) is 0 Å². The fourth-order valence-electron chi connectivity index (χ4n) is 10.0. The minimum absolute atomic E-state index is 0.0890. The van der Waals surface area contributed by atoms with E-state index in [0.29, 0.717) is 19.3 Å². The summed E-state index contributed by atoms with van der Waals surface area (Å²) in [5.74, 6) is -0.441. The average Bonchev–Trinajstić information content (AvgIpc) is 3.32. The molecule has 3 atom stereocenters. The van der Waals surface area contributed by atoms with Gasteiger partial charge < -0.3 is 20.3 Å². The highest BCUT2D eigenvalue weighted by Crippen LogP contribution is 2.20. The summed E-state index contributed by atoms with van der Waals surface area (Å²) in [6.45, 7) is 6.55. The van der Waals surface area contributed by atoms with Crippen LogP contribution in [0.2, 0.25) is 0 Å². The third-order valence-corrected chi connectivity index (χ3v) is 14.7. The van der Waals surface area contributed by atoms with Crippen LogP contribution in [0.15, 0.2) is 0 Å². The molecule has 3 N–H and O–H groups in total. The monoisotopic (exact) mass is 948 g/mol. The van der Waals surface area contributed by atoms with Crippen LogP contribution >= 0.6 is 0 Å². The third-order valence-electron chi connectivity index (χ3n) is 14.7. The summed E-state index contributed by atoms with van der Waals surface area (Å²) >= 11 is 0. The maximum absolute atomic E-state index is 13.3. The highest BCUT2D eigenvalue weighted by Gasteiger charge is 2.24. The molecule has 67 heavy (non-hydrogen) atoms. The average molecular weight is 949 g/mol. The molecule has 0 spiro atoms. The van der Waals surface area contributed by atoms with Gasteiger partial charge in [0.1, 0.15) is 6.10 Å². The summed E-state index contributed by atoms with van der Waals surface area (Å²) < 4.78 is 5.99. The van der Waals surface area contributed by atoms with Gasteiger partial charge in [-0.25, -0.2) is 0 Å². The van der Waals surface area contributed by atoms with Gasteiger partial charge in [0.15, 0.2) is 0 Å². The van der Waals surface area contributed by atoms with Gasteiger partial charge in [-0.1, -0.05) is 316 Å². The van der Waals surface area contributed by atoms with Gasteiger partial charge >= 0.3 is 5.97 Å². The van der Waals surface area contributed by atoms with E-state index in [1.54, 1.807) is 0 Å². The predicted octanol–water partition coefficient (Wildman–Crippen LogP) is 19.1. The van der Waals surface area contributed by atoms with E-state index < -0.39 is 18.2 Å². The molecule has 1 amide bonds. The number of hydrogen-bond donors (Lipinski definition) is 3. The van der Waals surface area contributed by atoms with Crippen molar-refractivity contribution in [1.29, 1.82) is 0 Å². The molecule has 0 saturated carbocycles. The van der Waals surface area contributed by atoms with E-state index >= 15 is 0 Å². The Morgan fingerprint density at radius 3 is 0.910 bits per heavy atom. The second-order valence-corrected chi connectivity index (χ2v) is 21.5. The normalized spacial score (nSPS) is 13.0. The fraction of sp³-hybridized carbons (Fsp3) is 0.967. The van der Waals surface area contributed by atoms with E-state index in [1.165, 1.54) is 270 Å². The second kappa shape index (κ2) is 55.8. The summed E-state index contributed by atoms with van der Waals surface area (Å²) in [6, 6.07) is -0.693. The summed E-state index contributed by atoms with van der Waals surface area (Å²) in [5.41, 5.74) is 0. The van der Waals surface area contributed by atoms with Crippen LogP contribution in [0.25, 0.3) is 0 Å². The molecule has 3 unspecified atom stereocenters. The van der Waals surface area contributed by atoms with Crippen LogP contribution in [0.3, 0.4) is 0 Å². The number of aliphatic hydroxyl groups is 2. The number of hydrogen-bond acceptors (Lipinski definition) is 5. The standard InChI is InChI=1S/C61H121NO5/c1-4-7-10-13-16-19-22-25-27-29-31-33-36-39-42-45-48-51-54-61(66)67-57(52-49-46-43-40-37-35-32-30-28-26-23-20-17-14-11-8-5-2)55-60(65)62-58(56-63)59(64)53-50-47-44-41-38-34-24-21-18-15-12-9-6-3/h57-59,63-64H,4-56H2,1-3H3,(H,62,65).